The Kier molecular flexibility index (Phi) is 1.72. The first-order valence-corrected chi connectivity index (χ1v) is 3.60. The normalized spacial score (nSPS) is 28.4. The first-order valence-electron chi connectivity index (χ1n) is 3.60. The van der Waals surface area contributed by atoms with E-state index >= 15 is 0 Å². The van der Waals surface area contributed by atoms with Crippen LogP contribution in [0.4, 0.5) is 0 Å². The highest BCUT2D eigenvalue weighted by Crippen LogP contribution is 2.03. The van der Waals surface area contributed by atoms with Gasteiger partial charge in [-0.2, -0.15) is 5.32 Å². The zero-order valence-electron chi connectivity index (χ0n) is 6.03. The summed E-state index contributed by atoms with van der Waals surface area (Å²) in [5.74, 6) is 0.598. The molecule has 2 aliphatic heterocycles. The molecule has 0 unspecified atom stereocenters. The molecule has 59 valence electrons. The molecular weight excluding hydrogens is 144 g/mol. The fourth-order valence-electron chi connectivity index (χ4n) is 1.08. The predicted molar refractivity (Wildman–Crippen MR) is 40.4 cm³/mol. The van der Waals surface area contributed by atoms with Crippen molar-refractivity contribution in [2.24, 2.45) is 10.2 Å². The van der Waals surface area contributed by atoms with Crippen LogP contribution in [0, 0.1) is 0 Å². The number of nitrogens with one attached hydrogen (secondary N) is 1. The second kappa shape index (κ2) is 2.87. The molecule has 0 aromatic carbocycles. The van der Waals surface area contributed by atoms with Crippen LogP contribution < -0.4 is 10.6 Å². The number of hydrogen-bond acceptors (Lipinski definition) is 4. The summed E-state index contributed by atoms with van der Waals surface area (Å²) >= 11 is 0. The molecule has 0 saturated carbocycles. The lowest BCUT2D eigenvalue weighted by atomic mass is 10.3. The highest BCUT2D eigenvalue weighted by Gasteiger charge is 2.17. The van der Waals surface area contributed by atoms with Gasteiger partial charge in [0.15, 0.2) is 0 Å². The molecule has 1 fully saturated rings. The van der Waals surface area contributed by atoms with E-state index in [0.717, 1.165) is 19.6 Å². The largest absolute Gasteiger partial charge is 0.379 e. The molecule has 0 aliphatic carbocycles. The summed E-state index contributed by atoms with van der Waals surface area (Å²) in [5.41, 5.74) is 0. The maximum atomic E-state index is 5.17. The molecule has 5 nitrogen and oxygen atoms in total. The third-order valence-corrected chi connectivity index (χ3v) is 1.65. The summed E-state index contributed by atoms with van der Waals surface area (Å²) < 4.78 is 5.17. The smallest absolute Gasteiger partial charge is 0.244 e. The Balaban J connectivity index is 1.81. The number of hydrogen-bond donors (Lipinski definition) is 1. The van der Waals surface area contributed by atoms with Crippen LogP contribution in [-0.2, 0) is 4.74 Å². The fraction of sp³-hybridized carbons (Fsp3) is 0.667. The molecule has 0 aromatic heterocycles. The van der Waals surface area contributed by atoms with E-state index in [9.17, 15) is 0 Å². The van der Waals surface area contributed by atoms with Gasteiger partial charge in [-0.25, -0.2) is 0 Å². The van der Waals surface area contributed by atoms with Crippen LogP contribution >= 0.6 is 0 Å². The van der Waals surface area contributed by atoms with Gasteiger partial charge in [0.1, 0.15) is 6.34 Å². The summed E-state index contributed by atoms with van der Waals surface area (Å²) in [4.78, 5) is 0. The summed E-state index contributed by atoms with van der Waals surface area (Å²) in [5, 5.41) is 14.4. The van der Waals surface area contributed by atoms with Crippen LogP contribution in [0.2, 0.25) is 0 Å². The molecule has 2 aliphatic rings. The van der Waals surface area contributed by atoms with Gasteiger partial charge in [0.2, 0.25) is 5.96 Å². The number of rotatable bonds is 1. The van der Waals surface area contributed by atoms with Gasteiger partial charge in [-0.15, -0.1) is 10.2 Å². The van der Waals surface area contributed by atoms with Gasteiger partial charge >= 0.3 is 0 Å². The summed E-state index contributed by atoms with van der Waals surface area (Å²) in [6, 6.07) is 0.360. The molecule has 1 saturated heterocycles. The van der Waals surface area contributed by atoms with Crippen molar-refractivity contribution in [3.8, 4) is 0 Å². The Morgan fingerprint density at radius 1 is 1.64 bits per heavy atom. The molecule has 0 aromatic rings. The van der Waals surface area contributed by atoms with Crippen LogP contribution in [0.1, 0.15) is 6.42 Å². The van der Waals surface area contributed by atoms with Gasteiger partial charge in [-0.1, -0.05) is 0 Å². The van der Waals surface area contributed by atoms with Crippen LogP contribution in [0.25, 0.3) is 0 Å². The summed E-state index contributed by atoms with van der Waals surface area (Å²) in [6.07, 6.45) is 2.45. The zero-order valence-corrected chi connectivity index (χ0v) is 6.03. The minimum absolute atomic E-state index is 0.360. The highest BCUT2D eigenvalue weighted by atomic mass is 16.5. The molecule has 0 spiro atoms. The van der Waals surface area contributed by atoms with Crippen molar-refractivity contribution in [2.75, 3.05) is 13.2 Å². The predicted octanol–water partition coefficient (Wildman–Crippen LogP) is -0.718. The van der Waals surface area contributed by atoms with Crippen LogP contribution in [0.5, 0.6) is 0 Å². The molecule has 0 bridgehead atoms. The SMILES string of the molecule is C1=NN=C(N[C@H]2CCOC2)[N]1. The van der Waals surface area contributed by atoms with E-state index < -0.39 is 0 Å². The van der Waals surface area contributed by atoms with Gasteiger partial charge in [-0.05, 0) is 6.42 Å². The van der Waals surface area contributed by atoms with E-state index in [1.807, 2.05) is 0 Å². The fourth-order valence-corrected chi connectivity index (χ4v) is 1.08. The molecule has 0 amide bonds. The molecule has 2 heterocycles. The second-order valence-corrected chi connectivity index (χ2v) is 2.49. The first-order chi connectivity index (χ1) is 5.45. The molecule has 2 rings (SSSR count). The van der Waals surface area contributed by atoms with Crippen molar-refractivity contribution in [3.63, 3.8) is 0 Å². The maximum absolute atomic E-state index is 5.17. The van der Waals surface area contributed by atoms with Crippen LogP contribution in [0.15, 0.2) is 10.2 Å². The van der Waals surface area contributed by atoms with Crippen molar-refractivity contribution in [1.29, 1.82) is 0 Å². The van der Waals surface area contributed by atoms with Crippen molar-refractivity contribution >= 4 is 12.3 Å². The van der Waals surface area contributed by atoms with Crippen LogP contribution in [-0.4, -0.2) is 31.6 Å². The third-order valence-electron chi connectivity index (χ3n) is 1.65. The minimum Gasteiger partial charge on any atom is -0.379 e. The van der Waals surface area contributed by atoms with Crippen molar-refractivity contribution in [3.05, 3.63) is 0 Å². The Labute approximate surface area is 64.5 Å². The van der Waals surface area contributed by atoms with E-state index in [-0.39, 0.29) is 0 Å². The van der Waals surface area contributed by atoms with Gasteiger partial charge in [0, 0.05) is 6.61 Å². The Morgan fingerprint density at radius 3 is 3.27 bits per heavy atom. The first kappa shape index (κ1) is 6.60. The topological polar surface area (TPSA) is 60.1 Å². The average molecular weight is 153 g/mol. The molecule has 1 N–H and O–H groups in total. The van der Waals surface area contributed by atoms with Crippen molar-refractivity contribution in [2.45, 2.75) is 12.5 Å². The molecule has 1 radical (unpaired) electrons. The summed E-state index contributed by atoms with van der Waals surface area (Å²) in [6.45, 7) is 1.57. The lowest BCUT2D eigenvalue weighted by Gasteiger charge is -2.08. The second-order valence-electron chi connectivity index (χ2n) is 2.49. The molecular formula is C6H9N4O. The van der Waals surface area contributed by atoms with Crippen LogP contribution in [0.3, 0.4) is 0 Å². The lowest BCUT2D eigenvalue weighted by molar-refractivity contribution is 0.192. The Morgan fingerprint density at radius 2 is 2.64 bits per heavy atom. The monoisotopic (exact) mass is 153 g/mol. The quantitative estimate of drug-likeness (QED) is 0.540. The van der Waals surface area contributed by atoms with E-state index in [0.29, 0.717) is 12.0 Å². The van der Waals surface area contributed by atoms with Gasteiger partial charge in [0.05, 0.1) is 12.6 Å². The van der Waals surface area contributed by atoms with E-state index in [4.69, 9.17) is 4.74 Å². The minimum atomic E-state index is 0.360. The molecule has 11 heavy (non-hydrogen) atoms. The average Bonchev–Trinajstić information content (AvgIpc) is 2.60. The number of nitrogens with zero attached hydrogens (tertiary/aromatic N) is 3. The summed E-state index contributed by atoms with van der Waals surface area (Å²) in [7, 11) is 0. The Bertz CT molecular complexity index is 195. The highest BCUT2D eigenvalue weighted by molar-refractivity contribution is 5.92. The van der Waals surface area contributed by atoms with E-state index in [1.54, 1.807) is 0 Å². The number of ether oxygens (including phenoxy) is 1. The van der Waals surface area contributed by atoms with Crippen molar-refractivity contribution in [1.82, 2.24) is 10.6 Å². The van der Waals surface area contributed by atoms with Gasteiger partial charge in [0.25, 0.3) is 0 Å². The van der Waals surface area contributed by atoms with Crippen molar-refractivity contribution < 1.29 is 4.74 Å². The Hall–Kier alpha value is -1.10. The lowest BCUT2D eigenvalue weighted by Crippen LogP contribution is -2.38. The van der Waals surface area contributed by atoms with E-state index in [2.05, 4.69) is 20.8 Å². The van der Waals surface area contributed by atoms with Gasteiger partial charge in [-0.3, -0.25) is 0 Å². The third kappa shape index (κ3) is 1.48. The van der Waals surface area contributed by atoms with E-state index in [1.165, 1.54) is 6.34 Å². The standard InChI is InChI=1S/C6H9N4O/c1-2-11-3-5(1)9-6-7-4-8-10-6/h4-5H,1-3H2,(H,9,10)/t5-/m0/s1. The molecule has 1 atom stereocenters. The maximum Gasteiger partial charge on any atom is 0.244 e. The van der Waals surface area contributed by atoms with Gasteiger partial charge < -0.3 is 10.1 Å². The number of guanidine groups is 1. The zero-order chi connectivity index (χ0) is 7.52. The molecule has 5 heteroatoms.